The van der Waals surface area contributed by atoms with E-state index in [2.05, 4.69) is 10.2 Å². The number of nitrogens with zero attached hydrogens (tertiary/aromatic N) is 1. The van der Waals surface area contributed by atoms with Crippen LogP contribution in [0.3, 0.4) is 0 Å². The Bertz CT molecular complexity index is 301. The number of rotatable bonds is 5. The normalized spacial score (nSPS) is 10.6. The number of H-pyrrole nitrogens is 1. The highest BCUT2D eigenvalue weighted by atomic mass is 16.3. The Labute approximate surface area is 83.1 Å². The smallest absolute Gasteiger partial charge is 0.103 e. The largest absolute Gasteiger partial charge is 0.469 e. The molecule has 0 amide bonds. The molecule has 0 bridgehead atoms. The van der Waals surface area contributed by atoms with E-state index >= 15 is 0 Å². The zero-order valence-electron chi connectivity index (χ0n) is 8.07. The third kappa shape index (κ3) is 2.49. The van der Waals surface area contributed by atoms with Crippen LogP contribution < -0.4 is 0 Å². The summed E-state index contributed by atoms with van der Waals surface area (Å²) in [5, 5.41) is 6.86. The summed E-state index contributed by atoms with van der Waals surface area (Å²) in [4.78, 5) is 0. The van der Waals surface area contributed by atoms with Gasteiger partial charge in [0.25, 0.3) is 0 Å². The van der Waals surface area contributed by atoms with Crippen LogP contribution >= 0.6 is 0 Å². The van der Waals surface area contributed by atoms with Gasteiger partial charge < -0.3 is 4.42 Å². The summed E-state index contributed by atoms with van der Waals surface area (Å²) in [5.41, 5.74) is 1.21. The number of furan rings is 1. The second kappa shape index (κ2) is 4.65. The first-order chi connectivity index (χ1) is 6.95. The highest BCUT2D eigenvalue weighted by Gasteiger charge is 1.97. The molecule has 2 aromatic heterocycles. The molecule has 74 valence electrons. The van der Waals surface area contributed by atoms with Crippen LogP contribution in [0, 0.1) is 0 Å². The quantitative estimate of drug-likeness (QED) is 0.736. The molecule has 0 aliphatic heterocycles. The molecule has 3 heteroatoms. The molecule has 0 aliphatic rings. The fraction of sp³-hybridized carbons (Fsp3) is 0.364. The van der Waals surface area contributed by atoms with Gasteiger partial charge in [0.15, 0.2) is 0 Å². The van der Waals surface area contributed by atoms with Gasteiger partial charge in [-0.05, 0) is 37.5 Å². The van der Waals surface area contributed by atoms with E-state index in [1.807, 2.05) is 18.2 Å². The van der Waals surface area contributed by atoms with E-state index in [4.69, 9.17) is 4.42 Å². The fourth-order valence-electron chi connectivity index (χ4n) is 1.49. The number of nitrogens with one attached hydrogen (secondary N) is 1. The molecule has 0 saturated carbocycles. The summed E-state index contributed by atoms with van der Waals surface area (Å²) in [5.74, 6) is 1.08. The van der Waals surface area contributed by atoms with Gasteiger partial charge in [0.05, 0.1) is 6.26 Å². The van der Waals surface area contributed by atoms with Crippen molar-refractivity contribution in [3.05, 3.63) is 42.1 Å². The molecule has 0 aromatic carbocycles. The molecule has 0 spiro atoms. The van der Waals surface area contributed by atoms with Crippen LogP contribution in [-0.2, 0) is 12.8 Å². The summed E-state index contributed by atoms with van der Waals surface area (Å²) >= 11 is 0. The number of unbranched alkanes of at least 4 members (excludes halogenated alkanes) is 1. The van der Waals surface area contributed by atoms with Gasteiger partial charge in [0.1, 0.15) is 5.76 Å². The Hall–Kier alpha value is -1.51. The van der Waals surface area contributed by atoms with Crippen LogP contribution in [0.4, 0.5) is 0 Å². The maximum Gasteiger partial charge on any atom is 0.103 e. The second-order valence-electron chi connectivity index (χ2n) is 3.37. The highest BCUT2D eigenvalue weighted by Crippen LogP contribution is 2.07. The highest BCUT2D eigenvalue weighted by molar-refractivity contribution is 4.99. The average Bonchev–Trinajstić information content (AvgIpc) is 2.86. The predicted octanol–water partition coefficient (Wildman–Crippen LogP) is 2.57. The van der Waals surface area contributed by atoms with Gasteiger partial charge in [-0.2, -0.15) is 5.10 Å². The predicted molar refractivity (Wildman–Crippen MR) is 53.9 cm³/mol. The van der Waals surface area contributed by atoms with Crippen molar-refractivity contribution < 1.29 is 4.42 Å². The van der Waals surface area contributed by atoms with Crippen molar-refractivity contribution in [2.45, 2.75) is 25.7 Å². The van der Waals surface area contributed by atoms with Crippen molar-refractivity contribution in [2.75, 3.05) is 0 Å². The van der Waals surface area contributed by atoms with Gasteiger partial charge >= 0.3 is 0 Å². The summed E-state index contributed by atoms with van der Waals surface area (Å²) in [7, 11) is 0. The van der Waals surface area contributed by atoms with Crippen molar-refractivity contribution in [1.82, 2.24) is 10.2 Å². The third-order valence-electron chi connectivity index (χ3n) is 2.26. The summed E-state index contributed by atoms with van der Waals surface area (Å²) in [6.07, 6.45) is 7.95. The van der Waals surface area contributed by atoms with Crippen molar-refractivity contribution in [3.63, 3.8) is 0 Å². The van der Waals surface area contributed by atoms with Crippen LogP contribution in [0.1, 0.15) is 24.3 Å². The first kappa shape index (κ1) is 9.06. The average molecular weight is 190 g/mol. The number of aromatic nitrogens is 2. The molecule has 2 aromatic rings. The minimum absolute atomic E-state index is 1.03. The monoisotopic (exact) mass is 190 g/mol. The van der Waals surface area contributed by atoms with Crippen LogP contribution in [0.25, 0.3) is 0 Å². The Morgan fingerprint density at radius 3 is 2.86 bits per heavy atom. The van der Waals surface area contributed by atoms with Gasteiger partial charge in [-0.1, -0.05) is 0 Å². The minimum atomic E-state index is 1.03. The van der Waals surface area contributed by atoms with Gasteiger partial charge in [0.2, 0.25) is 0 Å². The van der Waals surface area contributed by atoms with E-state index in [9.17, 15) is 0 Å². The van der Waals surface area contributed by atoms with Crippen molar-refractivity contribution in [1.29, 1.82) is 0 Å². The van der Waals surface area contributed by atoms with Crippen LogP contribution in [-0.4, -0.2) is 10.2 Å². The number of aryl methyl sites for hydroxylation is 2. The Morgan fingerprint density at radius 2 is 2.14 bits per heavy atom. The lowest BCUT2D eigenvalue weighted by molar-refractivity contribution is 0.497. The Kier molecular flexibility index (Phi) is 3.01. The summed E-state index contributed by atoms with van der Waals surface area (Å²) in [6, 6.07) is 5.98. The number of hydrogen-bond acceptors (Lipinski definition) is 2. The molecule has 0 fully saturated rings. The first-order valence-electron chi connectivity index (χ1n) is 4.96. The molecule has 0 unspecified atom stereocenters. The molecule has 1 N–H and O–H groups in total. The van der Waals surface area contributed by atoms with E-state index in [1.165, 1.54) is 12.1 Å². The zero-order chi connectivity index (χ0) is 9.64. The van der Waals surface area contributed by atoms with Gasteiger partial charge in [-0.3, -0.25) is 5.10 Å². The minimum Gasteiger partial charge on any atom is -0.469 e. The van der Waals surface area contributed by atoms with Gasteiger partial charge in [-0.15, -0.1) is 0 Å². The van der Waals surface area contributed by atoms with Crippen molar-refractivity contribution >= 4 is 0 Å². The Morgan fingerprint density at radius 1 is 1.21 bits per heavy atom. The summed E-state index contributed by atoms with van der Waals surface area (Å²) < 4.78 is 5.25. The lowest BCUT2D eigenvalue weighted by atomic mass is 10.1. The maximum absolute atomic E-state index is 5.25. The van der Waals surface area contributed by atoms with Crippen molar-refractivity contribution in [3.8, 4) is 0 Å². The number of aromatic amines is 1. The van der Waals surface area contributed by atoms with Crippen molar-refractivity contribution in [2.24, 2.45) is 0 Å². The fourth-order valence-corrected chi connectivity index (χ4v) is 1.49. The van der Waals surface area contributed by atoms with Crippen LogP contribution in [0.2, 0.25) is 0 Å². The molecule has 3 nitrogen and oxygen atoms in total. The van der Waals surface area contributed by atoms with E-state index in [0.717, 1.165) is 25.0 Å². The molecular formula is C11H14N2O. The first-order valence-corrected chi connectivity index (χ1v) is 4.96. The summed E-state index contributed by atoms with van der Waals surface area (Å²) in [6.45, 7) is 0. The molecule has 0 atom stereocenters. The van der Waals surface area contributed by atoms with Gasteiger partial charge in [0, 0.05) is 18.3 Å². The zero-order valence-corrected chi connectivity index (χ0v) is 8.07. The molecular weight excluding hydrogens is 176 g/mol. The number of hydrogen-bond donors (Lipinski definition) is 1. The molecule has 0 saturated heterocycles. The lowest BCUT2D eigenvalue weighted by Gasteiger charge is -1.96. The lowest BCUT2D eigenvalue weighted by Crippen LogP contribution is -1.88. The van der Waals surface area contributed by atoms with Crippen LogP contribution in [0.5, 0.6) is 0 Å². The molecule has 0 radical (unpaired) electrons. The standard InChI is InChI=1S/C11H14N2O/c1(4-10-7-8-12-13-10)2-5-11-6-3-9-14-11/h3,6-9H,1-2,4-5H2,(H,12,13). The molecule has 2 rings (SSSR count). The molecule has 2 heterocycles. The Balaban J connectivity index is 1.65. The maximum atomic E-state index is 5.25. The van der Waals surface area contributed by atoms with E-state index in [0.29, 0.717) is 0 Å². The topological polar surface area (TPSA) is 41.8 Å². The second-order valence-corrected chi connectivity index (χ2v) is 3.37. The van der Waals surface area contributed by atoms with Crippen LogP contribution in [0.15, 0.2) is 35.1 Å². The molecule has 14 heavy (non-hydrogen) atoms. The van der Waals surface area contributed by atoms with E-state index in [1.54, 1.807) is 12.5 Å². The molecule has 0 aliphatic carbocycles. The van der Waals surface area contributed by atoms with E-state index < -0.39 is 0 Å². The third-order valence-corrected chi connectivity index (χ3v) is 2.26. The van der Waals surface area contributed by atoms with E-state index in [-0.39, 0.29) is 0 Å². The SMILES string of the molecule is c1coc(CCCCc2ccn[nH]2)c1. The van der Waals surface area contributed by atoms with Gasteiger partial charge in [-0.25, -0.2) is 0 Å².